The highest BCUT2D eigenvalue weighted by atomic mass is 19.4. The van der Waals surface area contributed by atoms with E-state index in [1.807, 2.05) is 0 Å². The van der Waals surface area contributed by atoms with E-state index in [2.05, 4.69) is 30.2 Å². The molecule has 2 saturated heterocycles. The molecule has 3 heterocycles. The molecule has 5 rings (SSSR count). The molecule has 0 bridgehead atoms. The average Bonchev–Trinajstić information content (AvgIpc) is 2.88. The minimum Gasteiger partial charge on any atom is -0.483 e. The van der Waals surface area contributed by atoms with E-state index in [9.17, 15) is 18.0 Å². The fraction of sp³-hybridized carbons (Fsp3) is 0.560. The van der Waals surface area contributed by atoms with Crippen LogP contribution in [-0.2, 0) is 9.47 Å². The van der Waals surface area contributed by atoms with Gasteiger partial charge in [-0.3, -0.25) is 0 Å². The van der Waals surface area contributed by atoms with Crippen LogP contribution in [-0.4, -0.2) is 80.1 Å². The molecule has 0 atom stereocenters. The largest absolute Gasteiger partial charge is 0.573 e. The summed E-state index contributed by atoms with van der Waals surface area (Å²) in [5, 5.41) is 5.49. The predicted molar refractivity (Wildman–Crippen MR) is 132 cm³/mol. The lowest BCUT2D eigenvalue weighted by Crippen LogP contribution is -2.42. The molecule has 2 amide bonds. The highest BCUT2D eigenvalue weighted by Gasteiger charge is 2.32. The minimum absolute atomic E-state index is 0.0561. The Morgan fingerprint density at radius 1 is 1.00 bits per heavy atom. The second kappa shape index (κ2) is 12.1. The Labute approximate surface area is 222 Å². The molecule has 1 aliphatic carbocycles. The number of nitrogens with zero attached hydrogens (tertiary/aromatic N) is 3. The minimum atomic E-state index is -4.86. The molecule has 39 heavy (non-hydrogen) atoms. The summed E-state index contributed by atoms with van der Waals surface area (Å²) in [6.07, 6.45) is -0.744. The number of urea groups is 1. The number of ether oxygens (including phenoxy) is 5. The number of carbonyl (C=O) groups excluding carboxylic acids is 1. The third-order valence-corrected chi connectivity index (χ3v) is 6.54. The van der Waals surface area contributed by atoms with Crippen LogP contribution >= 0.6 is 0 Å². The Morgan fingerprint density at radius 2 is 1.77 bits per heavy atom. The topological polar surface area (TPSA) is 116 Å². The predicted octanol–water partition coefficient (Wildman–Crippen LogP) is 3.50. The first kappa shape index (κ1) is 27.1. The first-order valence-electron chi connectivity index (χ1n) is 12.8. The molecule has 0 unspecified atom stereocenters. The summed E-state index contributed by atoms with van der Waals surface area (Å²) in [6.45, 7) is 3.45. The Hall–Kier alpha value is -3.52. The Bertz CT molecular complexity index is 1120. The summed E-state index contributed by atoms with van der Waals surface area (Å²) in [6, 6.07) is 4.60. The van der Waals surface area contributed by atoms with Gasteiger partial charge in [-0.05, 0) is 37.8 Å². The van der Waals surface area contributed by atoms with E-state index in [0.717, 1.165) is 25.2 Å². The van der Waals surface area contributed by atoms with Crippen molar-refractivity contribution in [2.75, 3.05) is 49.7 Å². The zero-order chi connectivity index (χ0) is 27.2. The van der Waals surface area contributed by atoms with Gasteiger partial charge in [-0.15, -0.1) is 13.2 Å². The zero-order valence-corrected chi connectivity index (χ0v) is 21.1. The van der Waals surface area contributed by atoms with Crippen molar-refractivity contribution < 1.29 is 41.7 Å². The van der Waals surface area contributed by atoms with Crippen LogP contribution in [0.3, 0.4) is 0 Å². The first-order chi connectivity index (χ1) is 18.8. The molecular formula is C25H30F3N5O6. The van der Waals surface area contributed by atoms with Crippen LogP contribution in [0.15, 0.2) is 30.5 Å². The van der Waals surface area contributed by atoms with E-state index in [4.69, 9.17) is 18.9 Å². The number of alkyl halides is 3. The zero-order valence-electron chi connectivity index (χ0n) is 21.1. The van der Waals surface area contributed by atoms with Gasteiger partial charge in [-0.1, -0.05) is 0 Å². The van der Waals surface area contributed by atoms with Crippen molar-refractivity contribution in [3.63, 3.8) is 0 Å². The van der Waals surface area contributed by atoms with Gasteiger partial charge < -0.3 is 39.2 Å². The van der Waals surface area contributed by atoms with Gasteiger partial charge in [0.2, 0.25) is 11.8 Å². The third-order valence-electron chi connectivity index (χ3n) is 6.54. The number of halogens is 3. The number of hydrogen-bond donors (Lipinski definition) is 2. The molecule has 3 aliphatic rings. The maximum Gasteiger partial charge on any atom is 0.573 e. The molecule has 2 N–H and O–H groups in total. The number of amides is 2. The molecule has 3 fully saturated rings. The van der Waals surface area contributed by atoms with Crippen LogP contribution in [0.4, 0.5) is 29.6 Å². The van der Waals surface area contributed by atoms with Crippen LogP contribution in [0.25, 0.3) is 0 Å². The molecule has 0 radical (unpaired) electrons. The van der Waals surface area contributed by atoms with Gasteiger partial charge in [-0.2, -0.15) is 4.98 Å². The Kier molecular flexibility index (Phi) is 8.41. The lowest BCUT2D eigenvalue weighted by atomic mass is 9.93. The molecule has 14 heteroatoms. The average molecular weight is 554 g/mol. The molecule has 2 aromatic rings. The maximum absolute atomic E-state index is 12.7. The Balaban J connectivity index is 1.13. The molecular weight excluding hydrogens is 523 g/mol. The van der Waals surface area contributed by atoms with Gasteiger partial charge in [-0.25, -0.2) is 9.78 Å². The van der Waals surface area contributed by atoms with Crippen molar-refractivity contribution in [2.45, 2.75) is 50.3 Å². The molecule has 0 spiro atoms. The van der Waals surface area contributed by atoms with Crippen LogP contribution in [0, 0.1) is 0 Å². The van der Waals surface area contributed by atoms with Crippen molar-refractivity contribution in [1.82, 2.24) is 15.3 Å². The first-order valence-corrected chi connectivity index (χ1v) is 12.8. The fourth-order valence-electron chi connectivity index (χ4n) is 4.52. The lowest BCUT2D eigenvalue weighted by molar-refractivity contribution is -0.274. The molecule has 1 aromatic heterocycles. The van der Waals surface area contributed by atoms with Crippen LogP contribution in [0.1, 0.15) is 25.7 Å². The van der Waals surface area contributed by atoms with Gasteiger partial charge >= 0.3 is 12.4 Å². The van der Waals surface area contributed by atoms with Crippen molar-refractivity contribution in [1.29, 1.82) is 0 Å². The number of nitrogens with one attached hydrogen (secondary N) is 2. The van der Waals surface area contributed by atoms with E-state index in [-0.39, 0.29) is 29.7 Å². The normalized spacial score (nSPS) is 22.0. The number of anilines is 2. The maximum atomic E-state index is 12.7. The number of aromatic nitrogens is 2. The number of rotatable bonds is 8. The lowest BCUT2D eigenvalue weighted by Gasteiger charge is -2.30. The summed E-state index contributed by atoms with van der Waals surface area (Å²) >= 11 is 0. The van der Waals surface area contributed by atoms with Crippen LogP contribution in [0.2, 0.25) is 0 Å². The van der Waals surface area contributed by atoms with E-state index in [1.54, 1.807) is 12.3 Å². The van der Waals surface area contributed by atoms with Gasteiger partial charge in [0.25, 0.3) is 0 Å². The second-order valence-corrected chi connectivity index (χ2v) is 9.47. The smallest absolute Gasteiger partial charge is 0.483 e. The van der Waals surface area contributed by atoms with E-state index >= 15 is 0 Å². The molecule has 1 aromatic carbocycles. The molecule has 11 nitrogen and oxygen atoms in total. The quantitative estimate of drug-likeness (QED) is 0.507. The standard InChI is InChI=1S/C25H30F3N5O6/c26-25(27,28)39-18-5-6-21(37-19-14-36-15-19)20(13-18)31-24(34)30-16-1-3-17(4-2-16)38-22-7-8-29-23(32-22)33-9-11-35-12-10-33/h5-8,13,16-17,19H,1-4,9-12,14-15H2,(H2,30,31,34). The highest BCUT2D eigenvalue weighted by molar-refractivity contribution is 5.91. The number of hydrogen-bond acceptors (Lipinski definition) is 9. The summed E-state index contributed by atoms with van der Waals surface area (Å²) in [7, 11) is 0. The van der Waals surface area contributed by atoms with Gasteiger partial charge in [0.05, 0.1) is 32.1 Å². The van der Waals surface area contributed by atoms with E-state index in [1.165, 1.54) is 6.07 Å². The van der Waals surface area contributed by atoms with Crippen molar-refractivity contribution in [3.8, 4) is 17.4 Å². The van der Waals surface area contributed by atoms with Crippen molar-refractivity contribution in [2.24, 2.45) is 0 Å². The van der Waals surface area contributed by atoms with Gasteiger partial charge in [0.1, 0.15) is 23.7 Å². The molecule has 1 saturated carbocycles. The molecule has 212 valence electrons. The third kappa shape index (κ3) is 7.76. The van der Waals surface area contributed by atoms with Crippen molar-refractivity contribution in [3.05, 3.63) is 30.5 Å². The summed E-state index contributed by atoms with van der Waals surface area (Å²) < 4.78 is 64.4. The Morgan fingerprint density at radius 3 is 2.46 bits per heavy atom. The highest BCUT2D eigenvalue weighted by Crippen LogP contribution is 2.33. The number of carbonyl (C=O) groups is 1. The van der Waals surface area contributed by atoms with Crippen molar-refractivity contribution >= 4 is 17.7 Å². The summed E-state index contributed by atoms with van der Waals surface area (Å²) in [4.78, 5) is 23.6. The summed E-state index contributed by atoms with van der Waals surface area (Å²) in [5.74, 6) is 0.882. The number of benzene rings is 1. The summed E-state index contributed by atoms with van der Waals surface area (Å²) in [5.41, 5.74) is 0.0676. The molecule has 2 aliphatic heterocycles. The SMILES string of the molecule is O=C(Nc1cc(OC(F)(F)F)ccc1OC1COC1)NC1CCC(Oc2ccnc(N3CCOCC3)n2)CC1. The number of morpholine rings is 1. The second-order valence-electron chi connectivity index (χ2n) is 9.47. The van der Waals surface area contributed by atoms with Gasteiger partial charge in [0, 0.05) is 37.5 Å². The van der Waals surface area contributed by atoms with Gasteiger partial charge in [0.15, 0.2) is 0 Å². The monoisotopic (exact) mass is 553 g/mol. The fourth-order valence-corrected chi connectivity index (χ4v) is 4.52. The van der Waals surface area contributed by atoms with Crippen LogP contribution < -0.4 is 29.7 Å². The van der Waals surface area contributed by atoms with E-state index < -0.39 is 18.1 Å². The van der Waals surface area contributed by atoms with Crippen LogP contribution in [0.5, 0.6) is 17.4 Å². The van der Waals surface area contributed by atoms with E-state index in [0.29, 0.717) is 63.9 Å².